The van der Waals surface area contributed by atoms with Crippen molar-refractivity contribution in [3.8, 4) is 0 Å². The molecule has 0 aliphatic heterocycles. The summed E-state index contributed by atoms with van der Waals surface area (Å²) in [6, 6.07) is 0. The van der Waals surface area contributed by atoms with E-state index in [1.54, 1.807) is 19.1 Å². The zero-order valence-electron chi connectivity index (χ0n) is 10.4. The van der Waals surface area contributed by atoms with E-state index < -0.39 is 18.1 Å². The molecule has 0 radical (unpaired) electrons. The predicted molar refractivity (Wildman–Crippen MR) is 68.9 cm³/mol. The van der Waals surface area contributed by atoms with Gasteiger partial charge in [0.2, 0.25) is 0 Å². The monoisotopic (exact) mass is 248 g/mol. The van der Waals surface area contributed by atoms with E-state index in [2.05, 4.69) is 6.08 Å². The van der Waals surface area contributed by atoms with Gasteiger partial charge in [0.15, 0.2) is 0 Å². The highest BCUT2D eigenvalue weighted by Crippen LogP contribution is 2.33. The summed E-state index contributed by atoms with van der Waals surface area (Å²) in [6.45, 7) is 1.60. The lowest BCUT2D eigenvalue weighted by Crippen LogP contribution is -2.19. The molecule has 0 aromatic carbocycles. The summed E-state index contributed by atoms with van der Waals surface area (Å²) in [4.78, 5) is 10.9. The molecule has 0 aromatic heterocycles. The van der Waals surface area contributed by atoms with Crippen molar-refractivity contribution in [2.45, 2.75) is 32.4 Å². The first-order valence-electron chi connectivity index (χ1n) is 6.23. The highest BCUT2D eigenvalue weighted by atomic mass is 19.1. The van der Waals surface area contributed by atoms with E-state index in [-0.39, 0.29) is 6.42 Å². The Kier molecular flexibility index (Phi) is 3.80. The number of hydrogen-bond donors (Lipinski definition) is 1. The van der Waals surface area contributed by atoms with Crippen LogP contribution in [0.2, 0.25) is 0 Å². The van der Waals surface area contributed by atoms with Crippen LogP contribution < -0.4 is 0 Å². The fraction of sp³-hybridized carbons (Fsp3) is 0.400. The summed E-state index contributed by atoms with van der Waals surface area (Å²) in [5.74, 6) is -1.51. The van der Waals surface area contributed by atoms with Crippen LogP contribution in [0.25, 0.3) is 0 Å². The summed E-state index contributed by atoms with van der Waals surface area (Å²) in [5.41, 5.74) is 2.40. The first kappa shape index (κ1) is 12.8. The molecule has 2 rings (SSSR count). The molecule has 2 aliphatic carbocycles. The summed E-state index contributed by atoms with van der Waals surface area (Å²) in [5, 5.41) is 8.93. The van der Waals surface area contributed by atoms with Crippen LogP contribution in [0.4, 0.5) is 4.39 Å². The summed E-state index contributed by atoms with van der Waals surface area (Å²) in [7, 11) is 0. The van der Waals surface area contributed by atoms with E-state index in [0.717, 1.165) is 18.4 Å². The molecule has 0 fully saturated rings. The van der Waals surface area contributed by atoms with Crippen LogP contribution in [0.15, 0.2) is 47.1 Å². The average molecular weight is 248 g/mol. The van der Waals surface area contributed by atoms with Crippen molar-refractivity contribution in [1.29, 1.82) is 0 Å². The third-order valence-corrected chi connectivity index (χ3v) is 3.54. The first-order chi connectivity index (χ1) is 8.59. The molecule has 0 saturated heterocycles. The Morgan fingerprint density at radius 1 is 1.44 bits per heavy atom. The van der Waals surface area contributed by atoms with Crippen LogP contribution in [0.5, 0.6) is 0 Å². The maximum absolute atomic E-state index is 14.1. The third-order valence-electron chi connectivity index (χ3n) is 3.54. The first-order valence-corrected chi connectivity index (χ1v) is 6.23. The van der Waals surface area contributed by atoms with E-state index in [9.17, 15) is 9.18 Å². The Balaban J connectivity index is 2.21. The molecule has 2 aliphatic rings. The SMILES string of the molecule is CC(C(=O)O)C1=CC=C(C2=CC=CCC2)C(F)C1. The molecule has 18 heavy (non-hydrogen) atoms. The van der Waals surface area contributed by atoms with E-state index >= 15 is 0 Å². The molecule has 1 N–H and O–H groups in total. The maximum atomic E-state index is 14.1. The Morgan fingerprint density at radius 2 is 2.22 bits per heavy atom. The topological polar surface area (TPSA) is 37.3 Å². The Bertz CT molecular complexity index is 469. The summed E-state index contributed by atoms with van der Waals surface area (Å²) >= 11 is 0. The third kappa shape index (κ3) is 2.61. The molecule has 2 nitrogen and oxygen atoms in total. The summed E-state index contributed by atoms with van der Waals surface area (Å²) in [6.07, 6.45) is 10.4. The average Bonchev–Trinajstić information content (AvgIpc) is 2.38. The number of hydrogen-bond acceptors (Lipinski definition) is 1. The van der Waals surface area contributed by atoms with Gasteiger partial charge in [0.1, 0.15) is 6.17 Å². The van der Waals surface area contributed by atoms with Crippen molar-refractivity contribution in [2.75, 3.05) is 0 Å². The number of halogens is 1. The minimum absolute atomic E-state index is 0.195. The molecule has 2 unspecified atom stereocenters. The number of rotatable bonds is 3. The van der Waals surface area contributed by atoms with Crippen LogP contribution in [0, 0.1) is 5.92 Å². The molecule has 3 heteroatoms. The predicted octanol–water partition coefficient (Wildman–Crippen LogP) is 3.58. The fourth-order valence-electron chi connectivity index (χ4n) is 2.32. The van der Waals surface area contributed by atoms with Gasteiger partial charge < -0.3 is 5.11 Å². The van der Waals surface area contributed by atoms with Crippen molar-refractivity contribution in [3.63, 3.8) is 0 Å². The lowest BCUT2D eigenvalue weighted by atomic mass is 9.84. The van der Waals surface area contributed by atoms with Crippen molar-refractivity contribution < 1.29 is 14.3 Å². The van der Waals surface area contributed by atoms with Crippen LogP contribution in [0.1, 0.15) is 26.2 Å². The second-order valence-corrected chi connectivity index (χ2v) is 4.75. The van der Waals surface area contributed by atoms with Crippen molar-refractivity contribution in [2.24, 2.45) is 5.92 Å². The largest absolute Gasteiger partial charge is 0.481 e. The number of aliphatic carboxylic acids is 1. The quantitative estimate of drug-likeness (QED) is 0.828. The van der Waals surface area contributed by atoms with Crippen LogP contribution in [0.3, 0.4) is 0 Å². The van der Waals surface area contributed by atoms with Gasteiger partial charge in [0.05, 0.1) is 5.92 Å². The van der Waals surface area contributed by atoms with Gasteiger partial charge in [-0.05, 0) is 30.9 Å². The molecule has 0 bridgehead atoms. The van der Waals surface area contributed by atoms with Crippen LogP contribution in [-0.2, 0) is 4.79 Å². The van der Waals surface area contributed by atoms with Crippen molar-refractivity contribution in [3.05, 3.63) is 47.1 Å². The molecule has 2 atom stereocenters. The Morgan fingerprint density at radius 3 is 2.78 bits per heavy atom. The number of allylic oxidation sites excluding steroid dienone is 7. The molecular weight excluding hydrogens is 231 g/mol. The zero-order chi connectivity index (χ0) is 13.1. The van der Waals surface area contributed by atoms with Gasteiger partial charge in [-0.25, -0.2) is 4.39 Å². The second kappa shape index (κ2) is 5.34. The highest BCUT2D eigenvalue weighted by Gasteiger charge is 2.26. The summed E-state index contributed by atoms with van der Waals surface area (Å²) < 4.78 is 14.1. The van der Waals surface area contributed by atoms with Gasteiger partial charge >= 0.3 is 5.97 Å². The van der Waals surface area contributed by atoms with Gasteiger partial charge in [-0.15, -0.1) is 0 Å². The molecule has 0 amide bonds. The standard InChI is InChI=1S/C15H17FO2/c1-10(15(17)18)12-7-8-13(14(16)9-12)11-5-3-2-4-6-11/h2-3,5,7-8,10,14H,4,6,9H2,1H3,(H,17,18). The molecule has 96 valence electrons. The number of alkyl halides is 1. The number of carboxylic acid groups (broad SMARTS) is 1. The maximum Gasteiger partial charge on any atom is 0.310 e. The molecular formula is C15H17FO2. The van der Waals surface area contributed by atoms with E-state index in [1.807, 2.05) is 12.2 Å². The van der Waals surface area contributed by atoms with Crippen LogP contribution in [-0.4, -0.2) is 17.2 Å². The van der Waals surface area contributed by atoms with E-state index in [0.29, 0.717) is 11.1 Å². The van der Waals surface area contributed by atoms with Gasteiger partial charge in [0.25, 0.3) is 0 Å². The van der Waals surface area contributed by atoms with Gasteiger partial charge in [-0.1, -0.05) is 36.0 Å². The second-order valence-electron chi connectivity index (χ2n) is 4.75. The minimum Gasteiger partial charge on any atom is -0.481 e. The minimum atomic E-state index is -1.08. The molecule has 0 saturated carbocycles. The fourth-order valence-corrected chi connectivity index (χ4v) is 2.32. The van der Waals surface area contributed by atoms with E-state index in [4.69, 9.17) is 5.11 Å². The molecule has 0 heterocycles. The lowest BCUT2D eigenvalue weighted by Gasteiger charge is -2.23. The lowest BCUT2D eigenvalue weighted by molar-refractivity contribution is -0.139. The number of carboxylic acids is 1. The number of carbonyl (C=O) groups is 1. The zero-order valence-corrected chi connectivity index (χ0v) is 10.4. The van der Waals surface area contributed by atoms with Gasteiger partial charge in [-0.2, -0.15) is 0 Å². The normalized spacial score (nSPS) is 25.0. The van der Waals surface area contributed by atoms with Gasteiger partial charge in [0, 0.05) is 6.42 Å². The molecule has 0 spiro atoms. The van der Waals surface area contributed by atoms with E-state index in [1.165, 1.54) is 0 Å². The smallest absolute Gasteiger partial charge is 0.310 e. The Hall–Kier alpha value is -1.64. The van der Waals surface area contributed by atoms with Gasteiger partial charge in [-0.3, -0.25) is 4.79 Å². The van der Waals surface area contributed by atoms with Crippen molar-refractivity contribution >= 4 is 5.97 Å². The van der Waals surface area contributed by atoms with Crippen molar-refractivity contribution in [1.82, 2.24) is 0 Å². The van der Waals surface area contributed by atoms with Crippen LogP contribution >= 0.6 is 0 Å². The molecule has 0 aromatic rings. The Labute approximate surface area is 106 Å². The highest BCUT2D eigenvalue weighted by molar-refractivity contribution is 5.73.